The van der Waals surface area contributed by atoms with Gasteiger partial charge in [-0.2, -0.15) is 0 Å². The zero-order chi connectivity index (χ0) is 14.1. The van der Waals surface area contributed by atoms with Gasteiger partial charge >= 0.3 is 0 Å². The Morgan fingerprint density at radius 3 is 2.50 bits per heavy atom. The van der Waals surface area contributed by atoms with E-state index in [2.05, 4.69) is 0 Å². The molecule has 1 heterocycles. The summed E-state index contributed by atoms with van der Waals surface area (Å²) in [7, 11) is 0. The van der Waals surface area contributed by atoms with Crippen LogP contribution in [0.4, 0.5) is 0 Å². The minimum atomic E-state index is -0.180. The van der Waals surface area contributed by atoms with Crippen LogP contribution in [-0.2, 0) is 4.79 Å². The summed E-state index contributed by atoms with van der Waals surface area (Å²) in [6.45, 7) is 7.33. The Labute approximate surface area is 108 Å². The molecule has 4 heteroatoms. The molecule has 18 heavy (non-hydrogen) atoms. The lowest BCUT2D eigenvalue weighted by molar-refractivity contribution is -0.108. The standard InChI is InChI=1S/C12H15NO3.C2H6/c1-8(4-3-7-14)11-6-5-10(9(2)15)12(13)16-11;1-2/h5-8,13H,3-4H2,1-2H3;1-2H3. The molecule has 0 aromatic carbocycles. The number of hydrogen-bond acceptors (Lipinski definition) is 4. The van der Waals surface area contributed by atoms with Gasteiger partial charge in [-0.05, 0) is 25.5 Å². The first-order valence-electron chi connectivity index (χ1n) is 6.19. The summed E-state index contributed by atoms with van der Waals surface area (Å²) < 4.78 is 5.26. The Morgan fingerprint density at radius 1 is 1.44 bits per heavy atom. The second-order valence-electron chi connectivity index (χ2n) is 3.78. The monoisotopic (exact) mass is 251 g/mol. The smallest absolute Gasteiger partial charge is 0.222 e. The minimum absolute atomic E-state index is 0.0790. The third kappa shape index (κ3) is 4.65. The maximum absolute atomic E-state index is 11.1. The Morgan fingerprint density at radius 2 is 2.06 bits per heavy atom. The fourth-order valence-corrected chi connectivity index (χ4v) is 1.45. The Bertz CT molecular complexity index is 449. The van der Waals surface area contributed by atoms with E-state index in [9.17, 15) is 9.59 Å². The van der Waals surface area contributed by atoms with Crippen LogP contribution in [-0.4, -0.2) is 12.1 Å². The maximum atomic E-state index is 11.1. The van der Waals surface area contributed by atoms with Crippen molar-refractivity contribution in [3.63, 3.8) is 0 Å². The molecule has 0 saturated heterocycles. The molecule has 0 fully saturated rings. The van der Waals surface area contributed by atoms with Crippen molar-refractivity contribution in [2.45, 2.75) is 46.5 Å². The van der Waals surface area contributed by atoms with Gasteiger partial charge in [0.2, 0.25) is 5.55 Å². The van der Waals surface area contributed by atoms with E-state index in [4.69, 9.17) is 9.83 Å². The van der Waals surface area contributed by atoms with Gasteiger partial charge in [-0.3, -0.25) is 10.2 Å². The van der Waals surface area contributed by atoms with E-state index in [0.29, 0.717) is 18.6 Å². The lowest BCUT2D eigenvalue weighted by atomic mass is 10.0. The first kappa shape index (κ1) is 16.3. The van der Waals surface area contributed by atoms with Crippen LogP contribution in [0.15, 0.2) is 16.5 Å². The quantitative estimate of drug-likeness (QED) is 0.645. The molecule has 1 aromatic rings. The molecule has 0 amide bonds. The fraction of sp³-hybridized carbons (Fsp3) is 0.500. The molecule has 1 atom stereocenters. The highest BCUT2D eigenvalue weighted by Crippen LogP contribution is 2.18. The number of carbonyl (C=O) groups is 2. The lowest BCUT2D eigenvalue weighted by Crippen LogP contribution is -2.13. The molecular formula is C14H21NO3. The summed E-state index contributed by atoms with van der Waals surface area (Å²) in [4.78, 5) is 21.3. The topological polar surface area (TPSA) is 71.1 Å². The van der Waals surface area contributed by atoms with E-state index < -0.39 is 0 Å². The molecule has 100 valence electrons. The van der Waals surface area contributed by atoms with E-state index >= 15 is 0 Å². The van der Waals surface area contributed by atoms with Gasteiger partial charge in [0, 0.05) is 12.3 Å². The number of nitrogens with one attached hydrogen (secondary N) is 1. The van der Waals surface area contributed by atoms with E-state index in [1.165, 1.54) is 6.92 Å². The normalized spacial score (nSPS) is 11.1. The van der Waals surface area contributed by atoms with Gasteiger partial charge in [0.25, 0.3) is 0 Å². The zero-order valence-corrected chi connectivity index (χ0v) is 11.4. The van der Waals surface area contributed by atoms with Crippen LogP contribution < -0.4 is 5.55 Å². The van der Waals surface area contributed by atoms with E-state index in [0.717, 1.165) is 6.29 Å². The number of carbonyl (C=O) groups excluding carboxylic acids is 2. The molecule has 1 unspecified atom stereocenters. The Hall–Kier alpha value is -1.71. The number of Topliss-reactive ketones (excluding diaryl/α,β-unsaturated/α-hetero) is 1. The predicted molar refractivity (Wildman–Crippen MR) is 69.6 cm³/mol. The average Bonchev–Trinajstić information content (AvgIpc) is 2.37. The summed E-state index contributed by atoms with van der Waals surface area (Å²) in [5.41, 5.74) is 0.175. The van der Waals surface area contributed by atoms with Gasteiger partial charge < -0.3 is 9.21 Å². The first-order valence-corrected chi connectivity index (χ1v) is 6.19. The second-order valence-corrected chi connectivity index (χ2v) is 3.78. The third-order valence-electron chi connectivity index (χ3n) is 2.46. The van der Waals surface area contributed by atoms with Crippen LogP contribution in [0.1, 0.15) is 62.6 Å². The van der Waals surface area contributed by atoms with Crippen LogP contribution in [0, 0.1) is 5.41 Å². The average molecular weight is 251 g/mol. The van der Waals surface area contributed by atoms with Crippen LogP contribution in [0.5, 0.6) is 0 Å². The molecule has 0 aliphatic rings. The van der Waals surface area contributed by atoms with E-state index in [-0.39, 0.29) is 22.8 Å². The molecule has 1 aromatic heterocycles. The number of ketones is 1. The van der Waals surface area contributed by atoms with Crippen molar-refractivity contribution in [1.29, 1.82) is 5.41 Å². The molecule has 0 spiro atoms. The van der Waals surface area contributed by atoms with Gasteiger partial charge in [-0.25, -0.2) is 0 Å². The molecule has 1 rings (SSSR count). The number of rotatable bonds is 5. The minimum Gasteiger partial charge on any atom is -0.443 e. The van der Waals surface area contributed by atoms with Crippen molar-refractivity contribution in [3.8, 4) is 0 Å². The lowest BCUT2D eigenvalue weighted by Gasteiger charge is -2.08. The van der Waals surface area contributed by atoms with Crippen molar-refractivity contribution in [1.82, 2.24) is 0 Å². The number of aldehydes is 1. The highest BCUT2D eigenvalue weighted by Gasteiger charge is 2.10. The fourth-order valence-electron chi connectivity index (χ4n) is 1.45. The molecular weight excluding hydrogens is 230 g/mol. The molecule has 0 saturated carbocycles. The third-order valence-corrected chi connectivity index (χ3v) is 2.46. The molecule has 0 aliphatic carbocycles. The van der Waals surface area contributed by atoms with Gasteiger partial charge in [0.15, 0.2) is 5.78 Å². The molecule has 4 nitrogen and oxygen atoms in total. The zero-order valence-electron chi connectivity index (χ0n) is 11.4. The summed E-state index contributed by atoms with van der Waals surface area (Å²) in [5.74, 6) is 0.535. The van der Waals surface area contributed by atoms with Crippen LogP contribution in [0.3, 0.4) is 0 Å². The molecule has 0 bridgehead atoms. The second kappa shape index (κ2) is 8.39. The van der Waals surface area contributed by atoms with Crippen molar-refractivity contribution in [3.05, 3.63) is 29.0 Å². The molecule has 0 aliphatic heterocycles. The van der Waals surface area contributed by atoms with Gasteiger partial charge in [-0.15, -0.1) is 0 Å². The van der Waals surface area contributed by atoms with Crippen LogP contribution >= 0.6 is 0 Å². The van der Waals surface area contributed by atoms with Gasteiger partial charge in [0.05, 0.1) is 5.56 Å². The summed E-state index contributed by atoms with van der Waals surface area (Å²) in [6, 6.07) is 3.30. The van der Waals surface area contributed by atoms with Crippen LogP contribution in [0.25, 0.3) is 0 Å². The largest absolute Gasteiger partial charge is 0.443 e. The van der Waals surface area contributed by atoms with Gasteiger partial charge in [0.1, 0.15) is 12.0 Å². The number of hydrogen-bond donors (Lipinski definition) is 1. The first-order chi connectivity index (χ1) is 8.56. The van der Waals surface area contributed by atoms with Crippen molar-refractivity contribution >= 4 is 12.1 Å². The van der Waals surface area contributed by atoms with Crippen molar-refractivity contribution in [2.24, 2.45) is 0 Å². The van der Waals surface area contributed by atoms with Crippen molar-refractivity contribution in [2.75, 3.05) is 0 Å². The Kier molecular flexibility index (Phi) is 7.59. The highest BCUT2D eigenvalue weighted by atomic mass is 16.3. The molecule has 1 N–H and O–H groups in total. The summed E-state index contributed by atoms with van der Waals surface area (Å²) in [5, 5.41) is 7.56. The highest BCUT2D eigenvalue weighted by molar-refractivity contribution is 5.93. The predicted octanol–water partition coefficient (Wildman–Crippen LogP) is 3.07. The SMILES string of the molecule is CC.CC(=O)c1ccc(C(C)CCC=O)oc1=N. The summed E-state index contributed by atoms with van der Waals surface area (Å²) in [6.07, 6.45) is 2.02. The summed E-state index contributed by atoms with van der Waals surface area (Å²) >= 11 is 0. The van der Waals surface area contributed by atoms with E-state index in [1.807, 2.05) is 20.8 Å². The molecule has 0 radical (unpaired) electrons. The van der Waals surface area contributed by atoms with Crippen molar-refractivity contribution < 1.29 is 14.0 Å². The maximum Gasteiger partial charge on any atom is 0.222 e. The Balaban J connectivity index is 0.00000137. The van der Waals surface area contributed by atoms with E-state index in [1.54, 1.807) is 12.1 Å². The van der Waals surface area contributed by atoms with Crippen LogP contribution in [0.2, 0.25) is 0 Å². The van der Waals surface area contributed by atoms with Gasteiger partial charge in [-0.1, -0.05) is 20.8 Å².